The van der Waals surface area contributed by atoms with Crippen LogP contribution in [0, 0.1) is 3.57 Å². The molecule has 0 aromatic heterocycles. The van der Waals surface area contributed by atoms with Gasteiger partial charge in [0.05, 0.1) is 26.2 Å². The van der Waals surface area contributed by atoms with Gasteiger partial charge < -0.3 is 67.4 Å². The van der Waals surface area contributed by atoms with Gasteiger partial charge in [-0.15, -0.1) is 0 Å². The Morgan fingerprint density at radius 1 is 0.514 bits per heavy atom. The van der Waals surface area contributed by atoms with Crippen LogP contribution in [0.3, 0.4) is 0 Å². The third-order valence-corrected chi connectivity index (χ3v) is 11.4. The molecule has 2 rings (SSSR count). The Balaban J connectivity index is 1.89. The van der Waals surface area contributed by atoms with Crippen molar-refractivity contribution in [2.45, 2.75) is 76.5 Å². The largest absolute Gasteiger partial charge is 0.481 e. The number of carboxylic acid groups (broad SMARTS) is 6. The number of carbonyl (C=O) groups is 10. The van der Waals surface area contributed by atoms with E-state index >= 15 is 0 Å². The molecule has 0 bridgehead atoms. The summed E-state index contributed by atoms with van der Waals surface area (Å²) in [6, 6.07) is 10.3. The van der Waals surface area contributed by atoms with E-state index in [1.54, 1.807) is 39.0 Å². The summed E-state index contributed by atoms with van der Waals surface area (Å²) in [4.78, 5) is 124. The number of amides is 5. The molecule has 0 spiro atoms. The minimum absolute atomic E-state index is 0.0462. The van der Waals surface area contributed by atoms with Crippen molar-refractivity contribution >= 4 is 82.2 Å². The summed E-state index contributed by atoms with van der Waals surface area (Å²) in [5, 5.41) is 70.4. The third-order valence-electron chi connectivity index (χ3n) is 10.7. The standard InChI is InChI=1S/C46H66IN9O16/c47-34-13-9-32(10-14-34)28-56(20-4-2-5-35(44(68)69)52-46(72)53-36(45(70)71)15-16-39(59)60)43(67)33-11-7-31(8-12-33)25-51-37(57)6-1-3-17-50-38(58)29-54(21-18-48-26-40(61)62)23-24-55(30-42(65)66)22-19-49-27-41(63)64/h7-14,35-36,48-49H,1-6,15-30H2,(H,50,58)(H,51,57)(H,59,60)(H,61,62)(H,63,64)(H,65,66)(H,68,69)(H,70,71)(H2,52,53,72)/t35-,36-/m1/s1. The lowest BCUT2D eigenvalue weighted by atomic mass is 10.1. The molecule has 0 saturated carbocycles. The van der Waals surface area contributed by atoms with Crippen LogP contribution in [-0.4, -0.2) is 196 Å². The van der Waals surface area contributed by atoms with Crippen molar-refractivity contribution < 1.29 is 78.6 Å². The number of aliphatic carboxylic acids is 6. The minimum Gasteiger partial charge on any atom is -0.481 e. The van der Waals surface area contributed by atoms with Crippen LogP contribution in [-0.2, 0) is 51.4 Å². The highest BCUT2D eigenvalue weighted by Crippen LogP contribution is 2.16. The highest BCUT2D eigenvalue weighted by atomic mass is 127. The van der Waals surface area contributed by atoms with E-state index in [2.05, 4.69) is 54.5 Å². The maximum Gasteiger partial charge on any atom is 0.326 e. The van der Waals surface area contributed by atoms with Crippen molar-refractivity contribution in [3.05, 3.63) is 68.8 Å². The zero-order valence-electron chi connectivity index (χ0n) is 39.8. The molecule has 0 fully saturated rings. The topological polar surface area (TPSA) is 374 Å². The fourth-order valence-electron chi connectivity index (χ4n) is 6.87. The summed E-state index contributed by atoms with van der Waals surface area (Å²) < 4.78 is 0.997. The maximum absolute atomic E-state index is 13.8. The molecule has 12 N–H and O–H groups in total. The third kappa shape index (κ3) is 28.4. The number of nitrogens with zero attached hydrogens (tertiary/aromatic N) is 3. The number of unbranched alkanes of at least 4 members (excludes halogenated alkanes) is 2. The van der Waals surface area contributed by atoms with E-state index in [-0.39, 0.29) is 129 Å². The van der Waals surface area contributed by atoms with Crippen LogP contribution in [0.1, 0.15) is 72.9 Å². The first-order valence-electron chi connectivity index (χ1n) is 23.1. The highest BCUT2D eigenvalue weighted by molar-refractivity contribution is 14.1. The monoisotopic (exact) mass is 1130 g/mol. The number of nitrogens with one attached hydrogen (secondary N) is 6. The number of hydrogen-bond acceptors (Lipinski definition) is 14. The normalized spacial score (nSPS) is 11.8. The van der Waals surface area contributed by atoms with Crippen molar-refractivity contribution in [3.63, 3.8) is 0 Å². The molecule has 0 aliphatic rings. The Hall–Kier alpha value is -6.49. The van der Waals surface area contributed by atoms with E-state index in [9.17, 15) is 63.3 Å². The van der Waals surface area contributed by atoms with Gasteiger partial charge >= 0.3 is 41.8 Å². The number of benzene rings is 2. The molecule has 2 aromatic rings. The van der Waals surface area contributed by atoms with E-state index in [0.29, 0.717) is 24.8 Å². The lowest BCUT2D eigenvalue weighted by Gasteiger charge is -2.26. The zero-order valence-corrected chi connectivity index (χ0v) is 42.0. The average molecular weight is 1130 g/mol. The zero-order chi connectivity index (χ0) is 53.4. The summed E-state index contributed by atoms with van der Waals surface area (Å²) in [5.41, 5.74) is 1.95. The van der Waals surface area contributed by atoms with E-state index in [1.807, 2.05) is 24.3 Å². The van der Waals surface area contributed by atoms with Crippen molar-refractivity contribution in [1.82, 2.24) is 46.6 Å². The molecule has 0 unspecified atom stereocenters. The fraction of sp³-hybridized carbons (Fsp3) is 0.522. The van der Waals surface area contributed by atoms with Gasteiger partial charge in [-0.2, -0.15) is 0 Å². The molecule has 0 saturated heterocycles. The van der Waals surface area contributed by atoms with Gasteiger partial charge in [0.15, 0.2) is 0 Å². The predicted molar refractivity (Wildman–Crippen MR) is 266 cm³/mol. The number of carbonyl (C=O) groups excluding carboxylic acids is 4. The van der Waals surface area contributed by atoms with Gasteiger partial charge in [-0.05, 0) is 96.5 Å². The van der Waals surface area contributed by atoms with Gasteiger partial charge in [-0.25, -0.2) is 14.4 Å². The van der Waals surface area contributed by atoms with Gasteiger partial charge in [0, 0.05) is 87.4 Å². The molecule has 25 nitrogen and oxygen atoms in total. The second-order valence-corrected chi connectivity index (χ2v) is 17.8. The molecule has 0 aliphatic carbocycles. The number of urea groups is 1. The number of halogens is 1. The van der Waals surface area contributed by atoms with Crippen molar-refractivity contribution in [2.24, 2.45) is 0 Å². The molecule has 2 aromatic carbocycles. The Morgan fingerprint density at radius 3 is 1.61 bits per heavy atom. The average Bonchev–Trinajstić information content (AvgIpc) is 3.31. The number of carboxylic acids is 6. The van der Waals surface area contributed by atoms with E-state index < -0.39 is 66.8 Å². The molecule has 26 heteroatoms. The maximum atomic E-state index is 13.8. The highest BCUT2D eigenvalue weighted by Gasteiger charge is 2.25. The Morgan fingerprint density at radius 2 is 1.07 bits per heavy atom. The SMILES string of the molecule is O=C(O)CC[C@@H](NC(=O)N[C@H](CCCCN(Cc1ccc(I)cc1)C(=O)c1ccc(CNC(=O)CCCCNC(=O)CN(CCNCC(=O)O)CCN(CCNCC(=O)O)CC(=O)O)cc1)C(=O)O)C(=O)O. The molecule has 72 heavy (non-hydrogen) atoms. The molecular formula is C46H66IN9O16. The minimum atomic E-state index is -1.54. The van der Waals surface area contributed by atoms with Crippen LogP contribution in [0.5, 0.6) is 0 Å². The second kappa shape index (κ2) is 34.8. The lowest BCUT2D eigenvalue weighted by molar-refractivity contribution is -0.141. The second-order valence-electron chi connectivity index (χ2n) is 16.5. The fourth-order valence-corrected chi connectivity index (χ4v) is 7.23. The molecule has 0 aliphatic heterocycles. The summed E-state index contributed by atoms with van der Waals surface area (Å²) in [6.07, 6.45) is 0.769. The number of rotatable bonds is 39. The summed E-state index contributed by atoms with van der Waals surface area (Å²) in [5.74, 6) is -8.12. The molecule has 5 amide bonds. The van der Waals surface area contributed by atoms with E-state index in [4.69, 9.17) is 15.3 Å². The van der Waals surface area contributed by atoms with Gasteiger partial charge in [-0.1, -0.05) is 24.3 Å². The molecule has 398 valence electrons. The van der Waals surface area contributed by atoms with Crippen LogP contribution in [0.4, 0.5) is 4.79 Å². The van der Waals surface area contributed by atoms with Gasteiger partial charge in [-0.3, -0.25) is 43.4 Å². The van der Waals surface area contributed by atoms with Gasteiger partial charge in [0.25, 0.3) is 5.91 Å². The van der Waals surface area contributed by atoms with Crippen LogP contribution >= 0.6 is 22.6 Å². The van der Waals surface area contributed by atoms with Crippen LogP contribution in [0.25, 0.3) is 0 Å². The predicted octanol–water partition coefficient (Wildman–Crippen LogP) is 0.114. The van der Waals surface area contributed by atoms with Crippen LogP contribution in [0.15, 0.2) is 48.5 Å². The quantitative estimate of drug-likeness (QED) is 0.0312. The van der Waals surface area contributed by atoms with Crippen LogP contribution < -0.4 is 31.9 Å². The lowest BCUT2D eigenvalue weighted by Crippen LogP contribution is -2.51. The Kier molecular flexibility index (Phi) is 29.8. The molecular weight excluding hydrogens is 1060 g/mol. The summed E-state index contributed by atoms with van der Waals surface area (Å²) in [7, 11) is 0. The molecule has 2 atom stereocenters. The summed E-state index contributed by atoms with van der Waals surface area (Å²) >= 11 is 2.17. The van der Waals surface area contributed by atoms with Gasteiger partial charge in [0.2, 0.25) is 11.8 Å². The first-order chi connectivity index (χ1) is 34.2. The number of hydrogen-bond donors (Lipinski definition) is 12. The van der Waals surface area contributed by atoms with Crippen molar-refractivity contribution in [2.75, 3.05) is 78.5 Å². The smallest absolute Gasteiger partial charge is 0.326 e. The van der Waals surface area contributed by atoms with Crippen LogP contribution in [0.2, 0.25) is 0 Å². The van der Waals surface area contributed by atoms with Crippen molar-refractivity contribution in [3.8, 4) is 0 Å². The molecule has 0 heterocycles. The molecule has 0 radical (unpaired) electrons. The first kappa shape index (κ1) is 61.6. The summed E-state index contributed by atoms with van der Waals surface area (Å²) in [6.45, 7) is 1.53. The Labute approximate surface area is 429 Å². The van der Waals surface area contributed by atoms with Crippen molar-refractivity contribution in [1.29, 1.82) is 0 Å². The first-order valence-corrected chi connectivity index (χ1v) is 24.2. The van der Waals surface area contributed by atoms with E-state index in [0.717, 1.165) is 14.7 Å². The Bertz CT molecular complexity index is 2100. The van der Waals surface area contributed by atoms with E-state index in [1.165, 1.54) is 0 Å². The van der Waals surface area contributed by atoms with Gasteiger partial charge in [0.1, 0.15) is 12.1 Å².